The summed E-state index contributed by atoms with van der Waals surface area (Å²) in [6.45, 7) is 6.49. The highest BCUT2D eigenvalue weighted by Gasteiger charge is 2.49. The second-order valence-corrected chi connectivity index (χ2v) is 5.24. The van der Waals surface area contributed by atoms with Crippen molar-refractivity contribution in [2.24, 2.45) is 5.92 Å². The summed E-state index contributed by atoms with van der Waals surface area (Å²) in [6.07, 6.45) is 1.73. The number of Topliss-reactive ketones (excluding diaryl/α,β-unsaturated/α-hetero) is 1. The van der Waals surface area contributed by atoms with Gasteiger partial charge < -0.3 is 4.74 Å². The minimum atomic E-state index is -0.594. The van der Waals surface area contributed by atoms with Crippen LogP contribution in [0.5, 0.6) is 0 Å². The van der Waals surface area contributed by atoms with E-state index >= 15 is 0 Å². The molecule has 0 bridgehead atoms. The highest BCUT2D eigenvalue weighted by atomic mass is 16.5. The Morgan fingerprint density at radius 2 is 2.00 bits per heavy atom. The van der Waals surface area contributed by atoms with Crippen LogP contribution in [0, 0.1) is 5.92 Å². The van der Waals surface area contributed by atoms with E-state index in [1.165, 1.54) is 5.56 Å². The number of ether oxygens (including phenoxy) is 1. The van der Waals surface area contributed by atoms with E-state index in [2.05, 4.69) is 12.1 Å². The molecule has 0 aromatic heterocycles. The lowest BCUT2D eigenvalue weighted by atomic mass is 9.92. The molecule has 2 heteroatoms. The van der Waals surface area contributed by atoms with E-state index < -0.39 is 5.60 Å². The second kappa shape index (κ2) is 5.23. The Bertz CT molecular complexity index is 412. The first-order valence-corrected chi connectivity index (χ1v) is 6.85. The fourth-order valence-corrected chi connectivity index (χ4v) is 2.61. The van der Waals surface area contributed by atoms with Gasteiger partial charge in [0.1, 0.15) is 5.60 Å². The molecule has 0 radical (unpaired) electrons. The molecule has 18 heavy (non-hydrogen) atoms. The summed E-state index contributed by atoms with van der Waals surface area (Å²) >= 11 is 0. The van der Waals surface area contributed by atoms with Gasteiger partial charge in [-0.15, -0.1) is 0 Å². The minimum Gasteiger partial charge on any atom is -0.368 e. The zero-order valence-electron chi connectivity index (χ0n) is 11.5. The number of ketones is 1. The molecule has 0 aliphatic heterocycles. The van der Waals surface area contributed by atoms with Crippen LogP contribution in [-0.2, 0) is 9.53 Å². The van der Waals surface area contributed by atoms with Crippen LogP contribution in [0.2, 0.25) is 0 Å². The summed E-state index contributed by atoms with van der Waals surface area (Å²) in [5.41, 5.74) is 0.689. The molecule has 0 saturated heterocycles. The molecule has 1 aliphatic carbocycles. The summed E-state index contributed by atoms with van der Waals surface area (Å²) in [7, 11) is 0. The number of benzene rings is 1. The molecule has 0 N–H and O–H groups in total. The van der Waals surface area contributed by atoms with E-state index in [-0.39, 0.29) is 11.7 Å². The average molecular weight is 246 g/mol. The Hall–Kier alpha value is -1.15. The van der Waals surface area contributed by atoms with Crippen LogP contribution in [0.15, 0.2) is 30.3 Å². The molecular weight excluding hydrogens is 224 g/mol. The topological polar surface area (TPSA) is 26.3 Å². The third-order valence-corrected chi connectivity index (χ3v) is 4.01. The van der Waals surface area contributed by atoms with E-state index in [1.807, 2.05) is 39.0 Å². The van der Waals surface area contributed by atoms with E-state index in [1.54, 1.807) is 0 Å². The van der Waals surface area contributed by atoms with E-state index in [0.717, 1.165) is 12.8 Å². The smallest absolute Gasteiger partial charge is 0.168 e. The first-order chi connectivity index (χ1) is 8.62. The molecule has 3 unspecified atom stereocenters. The maximum atomic E-state index is 12.5. The molecule has 2 rings (SSSR count). The Kier molecular flexibility index (Phi) is 3.86. The van der Waals surface area contributed by atoms with Gasteiger partial charge in [-0.3, -0.25) is 4.79 Å². The van der Waals surface area contributed by atoms with Gasteiger partial charge in [-0.25, -0.2) is 0 Å². The molecule has 3 atom stereocenters. The van der Waals surface area contributed by atoms with Crippen LogP contribution in [-0.4, -0.2) is 18.0 Å². The Balaban J connectivity index is 2.05. The summed E-state index contributed by atoms with van der Waals surface area (Å²) in [5.74, 6) is 0.842. The van der Waals surface area contributed by atoms with Crippen molar-refractivity contribution in [1.29, 1.82) is 0 Å². The lowest BCUT2D eigenvalue weighted by Crippen LogP contribution is -2.39. The van der Waals surface area contributed by atoms with Gasteiger partial charge >= 0.3 is 0 Å². The standard InChI is InChI=1S/C16H22O2/c1-4-16(3,18-5-2)15(17)14-11-13(14)12-9-7-6-8-10-12/h6-10,13-14H,4-5,11H2,1-3H3. The zero-order chi connectivity index (χ0) is 13.2. The first kappa shape index (κ1) is 13.3. The van der Waals surface area contributed by atoms with Crippen LogP contribution < -0.4 is 0 Å². The Morgan fingerprint density at radius 3 is 2.56 bits per heavy atom. The number of carbonyl (C=O) groups is 1. The molecule has 1 aliphatic rings. The third kappa shape index (κ3) is 2.49. The molecule has 1 saturated carbocycles. The predicted octanol–water partition coefficient (Wildman–Crippen LogP) is 3.56. The quantitative estimate of drug-likeness (QED) is 0.767. The summed E-state index contributed by atoms with van der Waals surface area (Å²) in [5, 5.41) is 0. The SMILES string of the molecule is CCOC(C)(CC)C(=O)C1CC1c1ccccc1. The molecular formula is C16H22O2. The maximum absolute atomic E-state index is 12.5. The van der Waals surface area contributed by atoms with Gasteiger partial charge in [-0.2, -0.15) is 0 Å². The maximum Gasteiger partial charge on any atom is 0.168 e. The predicted molar refractivity (Wildman–Crippen MR) is 72.6 cm³/mol. The second-order valence-electron chi connectivity index (χ2n) is 5.24. The number of hydrogen-bond donors (Lipinski definition) is 0. The van der Waals surface area contributed by atoms with Crippen molar-refractivity contribution in [3.8, 4) is 0 Å². The van der Waals surface area contributed by atoms with Crippen molar-refractivity contribution >= 4 is 5.78 Å². The molecule has 0 heterocycles. The zero-order valence-corrected chi connectivity index (χ0v) is 11.5. The van der Waals surface area contributed by atoms with Gasteiger partial charge in [0, 0.05) is 12.5 Å². The number of hydrogen-bond acceptors (Lipinski definition) is 2. The van der Waals surface area contributed by atoms with Crippen molar-refractivity contribution in [2.75, 3.05) is 6.61 Å². The van der Waals surface area contributed by atoms with Crippen molar-refractivity contribution in [2.45, 2.75) is 45.1 Å². The van der Waals surface area contributed by atoms with Gasteiger partial charge in [0.05, 0.1) is 0 Å². The van der Waals surface area contributed by atoms with Crippen molar-refractivity contribution < 1.29 is 9.53 Å². The molecule has 1 aromatic carbocycles. The monoisotopic (exact) mass is 246 g/mol. The lowest BCUT2D eigenvalue weighted by molar-refractivity contribution is -0.144. The van der Waals surface area contributed by atoms with Gasteiger partial charge in [0.25, 0.3) is 0 Å². The Morgan fingerprint density at radius 1 is 1.33 bits per heavy atom. The van der Waals surface area contributed by atoms with Gasteiger partial charge in [0.15, 0.2) is 5.78 Å². The van der Waals surface area contributed by atoms with Crippen LogP contribution >= 0.6 is 0 Å². The minimum absolute atomic E-state index is 0.156. The molecule has 2 nitrogen and oxygen atoms in total. The normalized spacial score (nSPS) is 25.5. The lowest BCUT2D eigenvalue weighted by Gasteiger charge is -2.26. The molecule has 1 fully saturated rings. The van der Waals surface area contributed by atoms with E-state index in [0.29, 0.717) is 12.5 Å². The van der Waals surface area contributed by atoms with E-state index in [9.17, 15) is 4.79 Å². The number of carbonyl (C=O) groups excluding carboxylic acids is 1. The summed E-state index contributed by atoms with van der Waals surface area (Å²) in [4.78, 5) is 12.5. The third-order valence-electron chi connectivity index (χ3n) is 4.01. The molecule has 98 valence electrons. The fourth-order valence-electron chi connectivity index (χ4n) is 2.61. The average Bonchev–Trinajstić information content (AvgIpc) is 3.19. The molecule has 0 amide bonds. The van der Waals surface area contributed by atoms with Crippen molar-refractivity contribution in [1.82, 2.24) is 0 Å². The molecule has 0 spiro atoms. The Labute approximate surface area is 109 Å². The highest BCUT2D eigenvalue weighted by Crippen LogP contribution is 2.50. The fraction of sp³-hybridized carbons (Fsp3) is 0.562. The van der Waals surface area contributed by atoms with Crippen molar-refractivity contribution in [3.63, 3.8) is 0 Å². The van der Waals surface area contributed by atoms with Crippen molar-refractivity contribution in [3.05, 3.63) is 35.9 Å². The van der Waals surface area contributed by atoms with Crippen LogP contribution in [0.3, 0.4) is 0 Å². The van der Waals surface area contributed by atoms with Gasteiger partial charge in [0.2, 0.25) is 0 Å². The van der Waals surface area contributed by atoms with Crippen LogP contribution in [0.25, 0.3) is 0 Å². The van der Waals surface area contributed by atoms with Crippen LogP contribution in [0.4, 0.5) is 0 Å². The summed E-state index contributed by atoms with van der Waals surface area (Å²) < 4.78 is 5.68. The highest BCUT2D eigenvalue weighted by molar-refractivity contribution is 5.92. The molecule has 1 aromatic rings. The van der Waals surface area contributed by atoms with Crippen LogP contribution in [0.1, 0.15) is 45.1 Å². The summed E-state index contributed by atoms with van der Waals surface area (Å²) in [6, 6.07) is 10.3. The first-order valence-electron chi connectivity index (χ1n) is 6.85. The number of rotatable bonds is 6. The van der Waals surface area contributed by atoms with Gasteiger partial charge in [-0.1, -0.05) is 37.3 Å². The largest absolute Gasteiger partial charge is 0.368 e. The van der Waals surface area contributed by atoms with Gasteiger partial charge in [-0.05, 0) is 38.2 Å². The van der Waals surface area contributed by atoms with E-state index in [4.69, 9.17) is 4.74 Å².